The molecule has 1 aliphatic carbocycles. The van der Waals surface area contributed by atoms with Crippen LogP contribution in [0.4, 0.5) is 0 Å². The maximum atomic E-state index is 2.76. The van der Waals surface area contributed by atoms with E-state index < -0.39 is 0 Å². The van der Waals surface area contributed by atoms with E-state index in [-0.39, 0.29) is 0 Å². The number of hydrogen-bond acceptors (Lipinski definition) is 1. The summed E-state index contributed by atoms with van der Waals surface area (Å²) >= 11 is 0. The molecule has 2 bridgehead atoms. The molecule has 2 fully saturated rings. The Morgan fingerprint density at radius 1 is 0.952 bits per heavy atom. The molecule has 1 heteroatoms. The van der Waals surface area contributed by atoms with Gasteiger partial charge in [-0.1, -0.05) is 67.7 Å². The van der Waals surface area contributed by atoms with E-state index in [4.69, 9.17) is 0 Å². The van der Waals surface area contributed by atoms with E-state index >= 15 is 0 Å². The third kappa shape index (κ3) is 2.94. The average Bonchev–Trinajstić information content (AvgIpc) is 3.07. The zero-order chi connectivity index (χ0) is 14.1. The van der Waals surface area contributed by atoms with E-state index in [1.54, 1.807) is 5.57 Å². The lowest BCUT2D eigenvalue weighted by molar-refractivity contribution is 0.192. The highest BCUT2D eigenvalue weighted by molar-refractivity contribution is 5.21. The number of fused-ring (bicyclic) bond motifs is 2. The smallest absolute Gasteiger partial charge is 0.0288 e. The monoisotopic (exact) mass is 281 g/mol. The van der Waals surface area contributed by atoms with Crippen LogP contribution in [0.25, 0.3) is 0 Å². The van der Waals surface area contributed by atoms with Gasteiger partial charge in [0.25, 0.3) is 0 Å². The van der Waals surface area contributed by atoms with Crippen molar-refractivity contribution in [2.45, 2.75) is 70.0 Å². The standard InChI is InChI=1S/C20H27N/c1-2-8-17(9-3-1)15-21-19-10-11-20(21)14-18(13-19)12-16-6-4-5-7-16/h1-3,8-9,13,16,19-20H,4-7,10-12,14-15H2. The molecule has 2 unspecified atom stereocenters. The van der Waals surface area contributed by atoms with Crippen molar-refractivity contribution in [3.63, 3.8) is 0 Å². The van der Waals surface area contributed by atoms with Crippen LogP contribution in [0.15, 0.2) is 42.0 Å². The summed E-state index contributed by atoms with van der Waals surface area (Å²) in [5.41, 5.74) is 3.26. The topological polar surface area (TPSA) is 3.24 Å². The van der Waals surface area contributed by atoms with Crippen molar-refractivity contribution in [1.29, 1.82) is 0 Å². The van der Waals surface area contributed by atoms with Gasteiger partial charge in [-0.25, -0.2) is 0 Å². The minimum Gasteiger partial charge on any atom is -0.289 e. The molecule has 2 aliphatic heterocycles. The van der Waals surface area contributed by atoms with E-state index in [0.29, 0.717) is 0 Å². The molecule has 3 aliphatic rings. The van der Waals surface area contributed by atoms with Crippen LogP contribution in [-0.4, -0.2) is 17.0 Å². The summed E-state index contributed by atoms with van der Waals surface area (Å²) in [5.74, 6) is 1.01. The Balaban J connectivity index is 1.43. The molecule has 112 valence electrons. The summed E-state index contributed by atoms with van der Waals surface area (Å²) in [6.07, 6.45) is 14.1. The fourth-order valence-electron chi connectivity index (χ4n) is 4.78. The van der Waals surface area contributed by atoms with Gasteiger partial charge in [0.2, 0.25) is 0 Å². The maximum absolute atomic E-state index is 2.76. The van der Waals surface area contributed by atoms with Gasteiger partial charge >= 0.3 is 0 Å². The van der Waals surface area contributed by atoms with E-state index in [2.05, 4.69) is 41.3 Å². The average molecular weight is 281 g/mol. The lowest BCUT2D eigenvalue weighted by Crippen LogP contribution is -2.38. The van der Waals surface area contributed by atoms with Gasteiger partial charge in [0.15, 0.2) is 0 Å². The first-order chi connectivity index (χ1) is 10.4. The van der Waals surface area contributed by atoms with Crippen LogP contribution in [0.1, 0.15) is 56.9 Å². The van der Waals surface area contributed by atoms with Crippen LogP contribution in [0.3, 0.4) is 0 Å². The summed E-state index contributed by atoms with van der Waals surface area (Å²) in [5, 5.41) is 0. The molecule has 1 aromatic carbocycles. The van der Waals surface area contributed by atoms with E-state index in [9.17, 15) is 0 Å². The molecule has 1 nitrogen and oxygen atoms in total. The predicted molar refractivity (Wildman–Crippen MR) is 88.1 cm³/mol. The van der Waals surface area contributed by atoms with Crippen molar-refractivity contribution >= 4 is 0 Å². The van der Waals surface area contributed by atoms with Gasteiger partial charge in [0.05, 0.1) is 0 Å². The molecule has 0 spiro atoms. The summed E-state index contributed by atoms with van der Waals surface area (Å²) < 4.78 is 0. The van der Waals surface area contributed by atoms with Gasteiger partial charge in [0, 0.05) is 18.6 Å². The largest absolute Gasteiger partial charge is 0.289 e. The minimum absolute atomic E-state index is 0.723. The summed E-state index contributed by atoms with van der Waals surface area (Å²) in [4.78, 5) is 2.76. The molecule has 21 heavy (non-hydrogen) atoms. The Hall–Kier alpha value is -1.08. The number of hydrogen-bond donors (Lipinski definition) is 0. The molecule has 0 radical (unpaired) electrons. The quantitative estimate of drug-likeness (QED) is 0.707. The highest BCUT2D eigenvalue weighted by Gasteiger charge is 2.36. The molecule has 2 heterocycles. The highest BCUT2D eigenvalue weighted by Crippen LogP contribution is 2.40. The van der Waals surface area contributed by atoms with Gasteiger partial charge in [0.1, 0.15) is 0 Å². The van der Waals surface area contributed by atoms with Gasteiger partial charge in [-0.15, -0.1) is 0 Å². The molecule has 0 aromatic heterocycles. The first-order valence-electron chi connectivity index (χ1n) is 8.88. The highest BCUT2D eigenvalue weighted by atomic mass is 15.2. The molecule has 4 rings (SSSR count). The predicted octanol–water partition coefficient (Wildman–Crippen LogP) is 4.93. The van der Waals surface area contributed by atoms with Crippen LogP contribution in [0.5, 0.6) is 0 Å². The molecule has 1 saturated carbocycles. The Kier molecular flexibility index (Phi) is 3.85. The van der Waals surface area contributed by atoms with Crippen molar-refractivity contribution in [3.05, 3.63) is 47.5 Å². The maximum Gasteiger partial charge on any atom is 0.0288 e. The van der Waals surface area contributed by atoms with Crippen molar-refractivity contribution in [1.82, 2.24) is 4.90 Å². The van der Waals surface area contributed by atoms with Crippen LogP contribution >= 0.6 is 0 Å². The molecular formula is C20H27N. The summed E-state index contributed by atoms with van der Waals surface area (Å²) in [7, 11) is 0. The first kappa shape index (κ1) is 13.6. The Morgan fingerprint density at radius 2 is 1.76 bits per heavy atom. The van der Waals surface area contributed by atoms with Crippen molar-refractivity contribution in [2.24, 2.45) is 5.92 Å². The Bertz CT molecular complexity index is 498. The first-order valence-corrected chi connectivity index (χ1v) is 8.88. The second-order valence-electron chi connectivity index (χ2n) is 7.34. The van der Waals surface area contributed by atoms with Crippen LogP contribution < -0.4 is 0 Å². The van der Waals surface area contributed by atoms with Crippen molar-refractivity contribution < 1.29 is 0 Å². The Labute approximate surface area is 129 Å². The van der Waals surface area contributed by atoms with E-state index in [1.807, 2.05) is 0 Å². The lowest BCUT2D eigenvalue weighted by atomic mass is 9.91. The SMILES string of the molecule is C1=C(CC2CCCC2)CC2CCC1N2Cc1ccccc1. The zero-order valence-electron chi connectivity index (χ0n) is 13.0. The number of nitrogens with zero attached hydrogens (tertiary/aromatic N) is 1. The molecular weight excluding hydrogens is 254 g/mol. The third-order valence-electron chi connectivity index (χ3n) is 5.85. The summed E-state index contributed by atoms with van der Waals surface area (Å²) in [6.45, 7) is 1.14. The Morgan fingerprint density at radius 3 is 2.52 bits per heavy atom. The normalized spacial score (nSPS) is 29.8. The molecule has 2 atom stereocenters. The molecule has 1 aromatic rings. The minimum atomic E-state index is 0.723. The fraction of sp³-hybridized carbons (Fsp3) is 0.600. The lowest BCUT2D eigenvalue weighted by Gasteiger charge is -2.34. The van der Waals surface area contributed by atoms with Gasteiger partial charge in [-0.3, -0.25) is 4.90 Å². The number of benzene rings is 1. The van der Waals surface area contributed by atoms with Crippen LogP contribution in [0, 0.1) is 5.92 Å². The van der Waals surface area contributed by atoms with Gasteiger partial charge < -0.3 is 0 Å². The third-order valence-corrected chi connectivity index (χ3v) is 5.85. The van der Waals surface area contributed by atoms with Crippen molar-refractivity contribution in [2.75, 3.05) is 0 Å². The van der Waals surface area contributed by atoms with E-state index in [0.717, 1.165) is 24.5 Å². The van der Waals surface area contributed by atoms with Crippen LogP contribution in [-0.2, 0) is 6.54 Å². The zero-order valence-corrected chi connectivity index (χ0v) is 13.0. The summed E-state index contributed by atoms with van der Waals surface area (Å²) in [6, 6.07) is 12.5. The van der Waals surface area contributed by atoms with Crippen molar-refractivity contribution in [3.8, 4) is 0 Å². The number of rotatable bonds is 4. The second kappa shape index (κ2) is 5.96. The van der Waals surface area contributed by atoms with Gasteiger partial charge in [-0.05, 0) is 37.2 Å². The van der Waals surface area contributed by atoms with Gasteiger partial charge in [-0.2, -0.15) is 0 Å². The fourth-order valence-corrected chi connectivity index (χ4v) is 4.78. The molecule has 1 saturated heterocycles. The van der Waals surface area contributed by atoms with E-state index in [1.165, 1.54) is 56.9 Å². The molecule has 0 amide bonds. The van der Waals surface area contributed by atoms with Crippen LogP contribution in [0.2, 0.25) is 0 Å². The second-order valence-corrected chi connectivity index (χ2v) is 7.34. The molecule has 0 N–H and O–H groups in total.